The van der Waals surface area contributed by atoms with Gasteiger partial charge < -0.3 is 10.5 Å². The Hall–Kier alpha value is -1.16. The lowest BCUT2D eigenvalue weighted by Crippen LogP contribution is -2.09. The van der Waals surface area contributed by atoms with E-state index in [2.05, 4.69) is 0 Å². The largest absolute Gasteiger partial charge is 0.493 e. The monoisotopic (exact) mass is 215 g/mol. The zero-order chi connectivity index (χ0) is 11.3. The van der Waals surface area contributed by atoms with Crippen molar-refractivity contribution in [1.82, 2.24) is 0 Å². The molecule has 0 fully saturated rings. The first-order valence-corrected chi connectivity index (χ1v) is 4.89. The zero-order valence-corrected chi connectivity index (χ0v) is 8.67. The van der Waals surface area contributed by atoms with Gasteiger partial charge in [-0.3, -0.25) is 4.39 Å². The lowest BCUT2D eigenvalue weighted by molar-refractivity contribution is 0.285. The maximum absolute atomic E-state index is 12.9. The standard InChI is InChI=1S/C11H15F2NO/c1-8(14)10-7-9(13)3-4-11(10)15-6-2-5-12/h3-4,7-8H,2,5-6,14H2,1H3. The van der Waals surface area contributed by atoms with Crippen molar-refractivity contribution in [2.75, 3.05) is 13.3 Å². The average molecular weight is 215 g/mol. The van der Waals surface area contributed by atoms with Gasteiger partial charge in [0.2, 0.25) is 0 Å². The summed E-state index contributed by atoms with van der Waals surface area (Å²) in [5.74, 6) is 0.181. The van der Waals surface area contributed by atoms with E-state index in [1.807, 2.05) is 0 Å². The second kappa shape index (κ2) is 5.66. The lowest BCUT2D eigenvalue weighted by atomic mass is 10.1. The molecule has 0 bridgehead atoms. The molecule has 2 N–H and O–H groups in total. The first kappa shape index (κ1) is 11.9. The predicted octanol–water partition coefficient (Wildman–Crippen LogP) is 2.58. The number of halogens is 2. The summed E-state index contributed by atoms with van der Waals surface area (Å²) in [7, 11) is 0. The molecule has 0 radical (unpaired) electrons. The highest BCUT2D eigenvalue weighted by Gasteiger charge is 2.09. The molecule has 1 aromatic rings. The first-order valence-electron chi connectivity index (χ1n) is 4.89. The van der Waals surface area contributed by atoms with Crippen LogP contribution in [0.5, 0.6) is 5.75 Å². The van der Waals surface area contributed by atoms with E-state index >= 15 is 0 Å². The van der Waals surface area contributed by atoms with Crippen LogP contribution < -0.4 is 10.5 Å². The van der Waals surface area contributed by atoms with Crippen molar-refractivity contribution in [3.05, 3.63) is 29.6 Å². The Morgan fingerprint density at radius 3 is 2.80 bits per heavy atom. The molecular formula is C11H15F2NO. The van der Waals surface area contributed by atoms with Gasteiger partial charge in [-0.05, 0) is 25.1 Å². The number of rotatable bonds is 5. The molecule has 0 aliphatic heterocycles. The van der Waals surface area contributed by atoms with E-state index in [1.54, 1.807) is 6.92 Å². The van der Waals surface area contributed by atoms with Crippen LogP contribution in [0, 0.1) is 5.82 Å². The van der Waals surface area contributed by atoms with E-state index in [-0.39, 0.29) is 18.5 Å². The average Bonchev–Trinajstić information content (AvgIpc) is 2.20. The molecule has 84 valence electrons. The van der Waals surface area contributed by atoms with E-state index in [9.17, 15) is 8.78 Å². The summed E-state index contributed by atoms with van der Waals surface area (Å²) in [5.41, 5.74) is 6.27. The van der Waals surface area contributed by atoms with Crippen molar-refractivity contribution < 1.29 is 13.5 Å². The third-order valence-corrected chi connectivity index (χ3v) is 2.00. The maximum Gasteiger partial charge on any atom is 0.124 e. The van der Waals surface area contributed by atoms with Gasteiger partial charge in [-0.15, -0.1) is 0 Å². The molecule has 2 nitrogen and oxygen atoms in total. The topological polar surface area (TPSA) is 35.2 Å². The third kappa shape index (κ3) is 3.47. The van der Waals surface area contributed by atoms with Gasteiger partial charge in [0.15, 0.2) is 0 Å². The molecule has 1 aromatic carbocycles. The van der Waals surface area contributed by atoms with Crippen molar-refractivity contribution in [2.24, 2.45) is 5.73 Å². The Labute approximate surface area is 88.0 Å². The molecule has 0 amide bonds. The molecule has 15 heavy (non-hydrogen) atoms. The number of hydrogen-bond donors (Lipinski definition) is 1. The smallest absolute Gasteiger partial charge is 0.124 e. The highest BCUT2D eigenvalue weighted by Crippen LogP contribution is 2.24. The Morgan fingerprint density at radius 1 is 1.47 bits per heavy atom. The van der Waals surface area contributed by atoms with Gasteiger partial charge in [0.1, 0.15) is 11.6 Å². The second-order valence-corrected chi connectivity index (χ2v) is 3.36. The van der Waals surface area contributed by atoms with Crippen molar-refractivity contribution >= 4 is 0 Å². The van der Waals surface area contributed by atoms with E-state index in [0.717, 1.165) is 0 Å². The van der Waals surface area contributed by atoms with E-state index in [0.29, 0.717) is 17.7 Å². The van der Waals surface area contributed by atoms with Gasteiger partial charge in [0.25, 0.3) is 0 Å². The fourth-order valence-corrected chi connectivity index (χ4v) is 1.24. The molecule has 0 aliphatic rings. The van der Waals surface area contributed by atoms with Crippen LogP contribution in [0.1, 0.15) is 24.9 Å². The minimum absolute atomic E-state index is 0.280. The third-order valence-electron chi connectivity index (χ3n) is 2.00. The first-order chi connectivity index (χ1) is 7.15. The summed E-state index contributed by atoms with van der Waals surface area (Å²) in [4.78, 5) is 0. The molecule has 0 saturated heterocycles. The van der Waals surface area contributed by atoms with Gasteiger partial charge in [0.05, 0.1) is 13.3 Å². The summed E-state index contributed by atoms with van der Waals surface area (Å²) >= 11 is 0. The number of alkyl halides is 1. The van der Waals surface area contributed by atoms with Crippen molar-refractivity contribution in [3.63, 3.8) is 0 Å². The van der Waals surface area contributed by atoms with Crippen LogP contribution in [0.15, 0.2) is 18.2 Å². The summed E-state index contributed by atoms with van der Waals surface area (Å²) < 4.78 is 30.1. The molecule has 0 heterocycles. The molecule has 4 heteroatoms. The van der Waals surface area contributed by atoms with Crippen LogP contribution in [0.3, 0.4) is 0 Å². The van der Waals surface area contributed by atoms with Crippen molar-refractivity contribution in [3.8, 4) is 5.75 Å². The molecule has 1 rings (SSSR count). The van der Waals surface area contributed by atoms with Gasteiger partial charge in [-0.2, -0.15) is 0 Å². The Kier molecular flexibility index (Phi) is 4.49. The van der Waals surface area contributed by atoms with Crippen molar-refractivity contribution in [2.45, 2.75) is 19.4 Å². The zero-order valence-electron chi connectivity index (χ0n) is 8.67. The Balaban J connectivity index is 2.77. The van der Waals surface area contributed by atoms with Crippen LogP contribution in [0.4, 0.5) is 8.78 Å². The Morgan fingerprint density at radius 2 is 2.20 bits per heavy atom. The van der Waals surface area contributed by atoms with Gasteiger partial charge in [0, 0.05) is 18.0 Å². The fourth-order valence-electron chi connectivity index (χ4n) is 1.24. The maximum atomic E-state index is 12.9. The number of ether oxygens (including phenoxy) is 1. The Bertz CT molecular complexity index is 315. The molecule has 0 aliphatic carbocycles. The minimum Gasteiger partial charge on any atom is -0.493 e. The molecular weight excluding hydrogens is 200 g/mol. The summed E-state index contributed by atoms with van der Waals surface area (Å²) in [5, 5.41) is 0. The van der Waals surface area contributed by atoms with Crippen LogP contribution in [-0.2, 0) is 0 Å². The van der Waals surface area contributed by atoms with Gasteiger partial charge in [-0.1, -0.05) is 0 Å². The van der Waals surface area contributed by atoms with Gasteiger partial charge >= 0.3 is 0 Å². The van der Waals surface area contributed by atoms with Gasteiger partial charge in [-0.25, -0.2) is 4.39 Å². The molecule has 0 spiro atoms. The van der Waals surface area contributed by atoms with Crippen LogP contribution in [0.25, 0.3) is 0 Å². The van der Waals surface area contributed by atoms with E-state index < -0.39 is 6.67 Å². The second-order valence-electron chi connectivity index (χ2n) is 3.36. The number of hydrogen-bond acceptors (Lipinski definition) is 2. The van der Waals surface area contributed by atoms with Crippen LogP contribution in [0.2, 0.25) is 0 Å². The van der Waals surface area contributed by atoms with Crippen molar-refractivity contribution in [1.29, 1.82) is 0 Å². The molecule has 1 unspecified atom stereocenters. The number of nitrogens with two attached hydrogens (primary N) is 1. The summed E-state index contributed by atoms with van der Waals surface area (Å²) in [6.45, 7) is 1.60. The van der Waals surface area contributed by atoms with Crippen LogP contribution in [-0.4, -0.2) is 13.3 Å². The molecule has 1 atom stereocenters. The number of benzene rings is 1. The highest BCUT2D eigenvalue weighted by atomic mass is 19.1. The quantitative estimate of drug-likeness (QED) is 0.766. The summed E-state index contributed by atoms with van der Waals surface area (Å²) in [6.07, 6.45) is 0.329. The summed E-state index contributed by atoms with van der Waals surface area (Å²) in [6, 6.07) is 3.86. The highest BCUT2D eigenvalue weighted by molar-refractivity contribution is 5.36. The predicted molar refractivity (Wildman–Crippen MR) is 55.1 cm³/mol. The lowest BCUT2D eigenvalue weighted by Gasteiger charge is -2.13. The SMILES string of the molecule is CC(N)c1cc(F)ccc1OCCCF. The van der Waals surface area contributed by atoms with E-state index in [1.165, 1.54) is 18.2 Å². The molecule has 0 saturated carbocycles. The normalized spacial score (nSPS) is 12.5. The minimum atomic E-state index is -0.422. The van der Waals surface area contributed by atoms with E-state index in [4.69, 9.17) is 10.5 Å². The van der Waals surface area contributed by atoms with Crippen LogP contribution >= 0.6 is 0 Å². The fraction of sp³-hybridized carbons (Fsp3) is 0.455. The molecule has 0 aromatic heterocycles.